The minimum atomic E-state index is -4.03. The minimum Gasteiger partial charge on any atom is -0.302 e. The predicted molar refractivity (Wildman–Crippen MR) is 105 cm³/mol. The Hall–Kier alpha value is -2.77. The van der Waals surface area contributed by atoms with Crippen molar-refractivity contribution in [1.29, 1.82) is 0 Å². The molecule has 0 saturated carbocycles. The second-order valence-corrected chi connectivity index (χ2v) is 8.73. The lowest BCUT2D eigenvalue weighted by Crippen LogP contribution is -2.21. The molecule has 0 amide bonds. The van der Waals surface area contributed by atoms with Crippen molar-refractivity contribution >= 4 is 23.5 Å². The van der Waals surface area contributed by atoms with Crippen molar-refractivity contribution < 1.29 is 14.2 Å². The van der Waals surface area contributed by atoms with E-state index in [9.17, 15) is 14.2 Å². The molecular weight excluding hydrogens is 343 g/mol. The maximum absolute atomic E-state index is 14.0. The van der Waals surface area contributed by atoms with Crippen LogP contribution in [0, 0.1) is 13.8 Å². The van der Waals surface area contributed by atoms with E-state index in [4.69, 9.17) is 0 Å². The molecule has 0 bridgehead atoms. The van der Waals surface area contributed by atoms with Crippen molar-refractivity contribution in [2.75, 3.05) is 0 Å². The fourth-order valence-electron chi connectivity index (χ4n) is 2.93. The molecule has 0 heterocycles. The van der Waals surface area contributed by atoms with Gasteiger partial charge in [0.25, 0.3) is 0 Å². The molecule has 0 fully saturated rings. The highest BCUT2D eigenvalue weighted by atomic mass is 31.2. The van der Waals surface area contributed by atoms with Gasteiger partial charge in [-0.05, 0) is 25.0 Å². The van der Waals surface area contributed by atoms with E-state index in [0.29, 0.717) is 22.3 Å². The average molecular weight is 362 g/mol. The molecule has 0 saturated heterocycles. The Labute approximate surface area is 153 Å². The third-order valence-corrected chi connectivity index (χ3v) is 7.09. The van der Waals surface area contributed by atoms with E-state index >= 15 is 0 Å². The Balaban J connectivity index is 2.24. The van der Waals surface area contributed by atoms with Gasteiger partial charge < -0.3 is 4.57 Å². The van der Waals surface area contributed by atoms with Gasteiger partial charge in [-0.2, -0.15) is 0 Å². The van der Waals surface area contributed by atoms with Gasteiger partial charge in [0.05, 0.1) is 0 Å². The topological polar surface area (TPSA) is 51.2 Å². The third kappa shape index (κ3) is 3.07. The molecule has 0 aliphatic rings. The normalized spacial score (nSPS) is 11.2. The summed E-state index contributed by atoms with van der Waals surface area (Å²) in [4.78, 5) is 26.7. The van der Waals surface area contributed by atoms with Crippen LogP contribution < -0.4 is 5.30 Å². The third-order valence-electron chi connectivity index (χ3n) is 4.44. The summed E-state index contributed by atoms with van der Waals surface area (Å²) in [6.45, 7) is 3.56. The number of hydrogen-bond donors (Lipinski definition) is 0. The number of carbonyl (C=O) groups is 2. The second kappa shape index (κ2) is 7.23. The van der Waals surface area contributed by atoms with Crippen LogP contribution in [0.1, 0.15) is 31.8 Å². The summed E-state index contributed by atoms with van der Waals surface area (Å²) in [7, 11) is -4.03. The summed E-state index contributed by atoms with van der Waals surface area (Å²) in [5.74, 6) is 0. The highest BCUT2D eigenvalue weighted by molar-refractivity contribution is 8.01. The summed E-state index contributed by atoms with van der Waals surface area (Å²) in [5.41, 5.74) is 0.811. The summed E-state index contributed by atoms with van der Waals surface area (Å²) >= 11 is 0. The Morgan fingerprint density at radius 1 is 0.615 bits per heavy atom. The van der Waals surface area contributed by atoms with Gasteiger partial charge >= 0.3 is 0 Å². The first-order valence-electron chi connectivity index (χ1n) is 8.33. The van der Waals surface area contributed by atoms with Crippen LogP contribution in [0.15, 0.2) is 78.9 Å². The molecule has 0 aliphatic heterocycles. The van der Waals surface area contributed by atoms with Gasteiger partial charge in [0.15, 0.2) is 0 Å². The molecular formula is C22H19O3P. The van der Waals surface area contributed by atoms with E-state index in [-0.39, 0.29) is 5.30 Å². The molecule has 3 rings (SSSR count). The van der Waals surface area contributed by atoms with Gasteiger partial charge in [-0.25, -0.2) is 0 Å². The van der Waals surface area contributed by atoms with Gasteiger partial charge in [-0.1, -0.05) is 78.9 Å². The van der Waals surface area contributed by atoms with Crippen molar-refractivity contribution in [3.8, 4) is 0 Å². The van der Waals surface area contributed by atoms with Crippen molar-refractivity contribution in [1.82, 2.24) is 0 Å². The number of benzene rings is 3. The molecule has 4 heteroatoms. The van der Waals surface area contributed by atoms with E-state index in [1.165, 1.54) is 0 Å². The summed E-state index contributed by atoms with van der Waals surface area (Å²) in [6, 6.07) is 22.2. The Bertz CT molecular complexity index is 961. The molecule has 0 radical (unpaired) electrons. The molecule has 3 aromatic carbocycles. The van der Waals surface area contributed by atoms with E-state index < -0.39 is 18.2 Å². The van der Waals surface area contributed by atoms with E-state index in [0.717, 1.165) is 0 Å². The minimum absolute atomic E-state index is 0.265. The summed E-state index contributed by atoms with van der Waals surface area (Å²) in [6.07, 6.45) is 0. The Kier molecular flexibility index (Phi) is 5.01. The van der Waals surface area contributed by atoms with Crippen LogP contribution in [0.5, 0.6) is 0 Å². The first-order chi connectivity index (χ1) is 12.5. The summed E-state index contributed by atoms with van der Waals surface area (Å²) < 4.78 is 14.0. The molecule has 0 N–H and O–H groups in total. The Morgan fingerprint density at radius 2 is 1.00 bits per heavy atom. The van der Waals surface area contributed by atoms with Crippen LogP contribution in [0.2, 0.25) is 0 Å². The molecule has 3 nitrogen and oxygen atoms in total. The lowest BCUT2D eigenvalue weighted by Gasteiger charge is -2.18. The van der Waals surface area contributed by atoms with E-state index in [2.05, 4.69) is 0 Å². The first-order valence-corrected chi connectivity index (χ1v) is 10.0. The van der Waals surface area contributed by atoms with E-state index in [1.807, 2.05) is 12.1 Å². The number of aryl methyl sites for hydroxylation is 2. The second-order valence-electron chi connectivity index (χ2n) is 6.18. The standard InChI is InChI=1S/C22H19O3P/c1-16-10-6-8-14-19(16)21(23)26(25,18-12-4-3-5-13-18)22(24)20-15-9-7-11-17(20)2/h3-15H,1-2H3. The molecule has 3 aromatic rings. The van der Waals surface area contributed by atoms with E-state index in [1.54, 1.807) is 80.6 Å². The van der Waals surface area contributed by atoms with Gasteiger partial charge in [0.1, 0.15) is 0 Å². The maximum atomic E-state index is 14.0. The van der Waals surface area contributed by atoms with Gasteiger partial charge in [-0.3, -0.25) is 9.59 Å². The predicted octanol–water partition coefficient (Wildman–Crippen LogP) is 4.97. The molecule has 0 spiro atoms. The molecule has 0 aromatic heterocycles. The van der Waals surface area contributed by atoms with Gasteiger partial charge in [0.2, 0.25) is 18.2 Å². The Morgan fingerprint density at radius 3 is 1.42 bits per heavy atom. The first kappa shape index (κ1) is 18.0. The maximum Gasteiger partial charge on any atom is 0.248 e. The lowest BCUT2D eigenvalue weighted by atomic mass is 10.1. The van der Waals surface area contributed by atoms with Crippen LogP contribution in [-0.4, -0.2) is 11.0 Å². The molecule has 130 valence electrons. The van der Waals surface area contributed by atoms with Crippen LogP contribution in [0.4, 0.5) is 0 Å². The molecule has 0 unspecified atom stereocenters. The van der Waals surface area contributed by atoms with Crippen LogP contribution in [-0.2, 0) is 4.57 Å². The zero-order chi connectivity index (χ0) is 18.7. The molecule has 0 atom stereocenters. The monoisotopic (exact) mass is 362 g/mol. The quantitative estimate of drug-likeness (QED) is 0.602. The summed E-state index contributed by atoms with van der Waals surface area (Å²) in [5, 5.41) is 0.265. The number of hydrogen-bond acceptors (Lipinski definition) is 3. The van der Waals surface area contributed by atoms with Crippen molar-refractivity contribution in [2.45, 2.75) is 13.8 Å². The lowest BCUT2D eigenvalue weighted by molar-refractivity contribution is 0.104. The SMILES string of the molecule is Cc1ccccc1C(=O)P(=O)(C(=O)c1ccccc1C)c1ccccc1. The fraction of sp³-hybridized carbons (Fsp3) is 0.0909. The zero-order valence-electron chi connectivity index (χ0n) is 14.7. The van der Waals surface area contributed by atoms with Crippen molar-refractivity contribution in [3.63, 3.8) is 0 Å². The van der Waals surface area contributed by atoms with Crippen molar-refractivity contribution in [2.24, 2.45) is 0 Å². The van der Waals surface area contributed by atoms with Crippen LogP contribution in [0.3, 0.4) is 0 Å². The van der Waals surface area contributed by atoms with Crippen LogP contribution >= 0.6 is 7.14 Å². The van der Waals surface area contributed by atoms with Crippen molar-refractivity contribution in [3.05, 3.63) is 101 Å². The zero-order valence-corrected chi connectivity index (χ0v) is 15.6. The van der Waals surface area contributed by atoms with Crippen LogP contribution in [0.25, 0.3) is 0 Å². The number of rotatable bonds is 5. The highest BCUT2D eigenvalue weighted by Gasteiger charge is 2.43. The largest absolute Gasteiger partial charge is 0.302 e. The molecule has 0 aliphatic carbocycles. The number of carbonyl (C=O) groups excluding carboxylic acids is 2. The van der Waals surface area contributed by atoms with Gasteiger partial charge in [-0.15, -0.1) is 0 Å². The smallest absolute Gasteiger partial charge is 0.248 e. The molecule has 26 heavy (non-hydrogen) atoms. The highest BCUT2D eigenvalue weighted by Crippen LogP contribution is 2.51. The van der Waals surface area contributed by atoms with Gasteiger partial charge in [0, 0.05) is 16.4 Å². The average Bonchev–Trinajstić information content (AvgIpc) is 2.67. The fourth-order valence-corrected chi connectivity index (χ4v) is 5.36.